The molecule has 7 rings (SSSR count). The van der Waals surface area contributed by atoms with Crippen molar-refractivity contribution in [2.75, 3.05) is 151 Å². The molecule has 8 N–H and O–H groups in total. The number of hydrogen-bond acceptors (Lipinski definition) is 14. The van der Waals surface area contributed by atoms with E-state index < -0.39 is 11.9 Å². The van der Waals surface area contributed by atoms with Gasteiger partial charge < -0.3 is 56.8 Å². The molecule has 5 heterocycles. The van der Waals surface area contributed by atoms with Crippen LogP contribution in [0.2, 0.25) is 13.6 Å². The Bertz CT molecular complexity index is 1340. The molecule has 5 saturated heterocycles. The maximum Gasteiger partial charge on any atom is 0.335 e. The van der Waals surface area contributed by atoms with Gasteiger partial charge in [-0.15, -0.1) is 0 Å². The van der Waals surface area contributed by atoms with Crippen LogP contribution in [0.5, 0.6) is 0 Å². The number of rotatable bonds is 8. The zero-order valence-corrected chi connectivity index (χ0v) is 43.4. The van der Waals surface area contributed by atoms with Gasteiger partial charge in [0.05, 0.1) is 11.1 Å². The number of alkyl halides is 1. The summed E-state index contributed by atoms with van der Waals surface area (Å²) in [4.78, 5) is 30.9. The molecule has 0 saturated carbocycles. The molecule has 0 aromatic heterocycles. The molecular formula is C51H105B2BrN10O6. The van der Waals surface area contributed by atoms with Gasteiger partial charge in [0.1, 0.15) is 0 Å². The third-order valence-corrected chi connectivity index (χ3v) is 10.7. The van der Waals surface area contributed by atoms with Crippen molar-refractivity contribution in [1.29, 1.82) is 0 Å². The minimum Gasteiger partial charge on any atom is -0.478 e. The monoisotopic (exact) mass is 1050 g/mol. The first-order valence-electron chi connectivity index (χ1n) is 24.2. The Morgan fingerprint density at radius 2 is 0.686 bits per heavy atom. The number of benzene rings is 2. The van der Waals surface area contributed by atoms with Gasteiger partial charge in [0.25, 0.3) is 0 Å². The molecule has 0 unspecified atom stereocenters. The third kappa shape index (κ3) is 47.5. The number of piperazine rings is 5. The second kappa shape index (κ2) is 58.8. The standard InChI is InChI=1S/C14H20N2O2.C8H7BrO2.2C6H14N2.2C4H10N2.C3H8.2CH3BO.4CH4/c1-2-15-7-9-16(10-8-15)11-12-3-5-13(6-4-12)14(17)18;9-5-6-1-3-7(4-2-6)8(10)11;2*1-2-8-5-3-7-4-6-8;2*1-2-6-4-3-5-1;1-3-2;2*1-2-3;;;;/h3-6H,2,7-11H2,1H3,(H,17,18);1-4H,5H2,(H,10,11);2*7H,2-6H2,1H3;2*5-6H,1-4H2;3H2,1-2H3;2*1H3;4*1H4. The van der Waals surface area contributed by atoms with E-state index in [-0.39, 0.29) is 29.7 Å². The van der Waals surface area contributed by atoms with Crippen molar-refractivity contribution in [2.24, 2.45) is 0 Å². The van der Waals surface area contributed by atoms with Gasteiger partial charge in [-0.2, -0.15) is 0 Å². The smallest absolute Gasteiger partial charge is 0.335 e. The van der Waals surface area contributed by atoms with Crippen molar-refractivity contribution in [3.05, 3.63) is 70.8 Å². The molecule has 16 nitrogen and oxygen atoms in total. The largest absolute Gasteiger partial charge is 0.478 e. The van der Waals surface area contributed by atoms with Gasteiger partial charge in [-0.25, -0.2) is 9.59 Å². The summed E-state index contributed by atoms with van der Waals surface area (Å²) in [6, 6.07) is 14.0. The summed E-state index contributed by atoms with van der Waals surface area (Å²) in [5.41, 5.74) is 2.95. The molecule has 5 aliphatic heterocycles. The maximum atomic E-state index is 10.8. The van der Waals surface area contributed by atoms with Crippen LogP contribution in [-0.2, 0) is 21.3 Å². The summed E-state index contributed by atoms with van der Waals surface area (Å²) in [5.74, 6) is -1.75. The van der Waals surface area contributed by atoms with E-state index in [1.807, 2.05) is 12.1 Å². The Labute approximate surface area is 438 Å². The summed E-state index contributed by atoms with van der Waals surface area (Å²) >= 11 is 3.27. The molecule has 0 atom stereocenters. The predicted octanol–water partition coefficient (Wildman–Crippen LogP) is 6.11. The van der Waals surface area contributed by atoms with Crippen molar-refractivity contribution in [2.45, 2.75) is 96.3 Å². The minimum atomic E-state index is -0.883. The fourth-order valence-electron chi connectivity index (χ4n) is 6.27. The zero-order chi connectivity index (χ0) is 49.5. The summed E-state index contributed by atoms with van der Waals surface area (Å²) in [5, 5.41) is 37.6. The number of nitrogens with one attached hydrogen (secondary N) is 6. The normalized spacial score (nSPS) is 16.1. The SMILES string of the molecule is C.C.C.C.C1CNCCN1.C1CNCCN1.CB=O.CB=O.CCC.CCN1CCN(Cc2ccc(C(=O)O)cc2)CC1.CCN1CCNCC1.CCN1CCNCC1.O=C(O)c1ccc(CBr)cc1. The number of carboxylic acid groups (broad SMARTS) is 2. The van der Waals surface area contributed by atoms with Gasteiger partial charge in [0.2, 0.25) is 0 Å². The second-order valence-electron chi connectivity index (χ2n) is 15.4. The minimum absolute atomic E-state index is 0. The summed E-state index contributed by atoms with van der Waals surface area (Å²) < 4.78 is 17.6. The molecule has 2 aromatic rings. The molecule has 2 aromatic carbocycles. The summed E-state index contributed by atoms with van der Waals surface area (Å²) in [6.07, 6.45) is 1.25. The van der Waals surface area contributed by atoms with E-state index >= 15 is 0 Å². The first kappa shape index (κ1) is 78.6. The van der Waals surface area contributed by atoms with Crippen LogP contribution in [0.25, 0.3) is 0 Å². The van der Waals surface area contributed by atoms with Crippen molar-refractivity contribution in [3.8, 4) is 0 Å². The molecular weight excluding hydrogens is 950 g/mol. The Hall–Kier alpha value is -2.81. The molecule has 19 heteroatoms. The molecule has 0 aliphatic carbocycles. The fraction of sp³-hybridized carbons (Fsp3) is 0.725. The molecule has 0 amide bonds. The van der Waals surface area contributed by atoms with Crippen LogP contribution in [0.3, 0.4) is 0 Å². The van der Waals surface area contributed by atoms with Crippen LogP contribution in [-0.4, -0.2) is 207 Å². The number of carboxylic acids is 2. The van der Waals surface area contributed by atoms with Crippen LogP contribution in [0.1, 0.15) is 103 Å². The topological polar surface area (TPSA) is 194 Å². The van der Waals surface area contributed by atoms with Crippen molar-refractivity contribution in [3.63, 3.8) is 0 Å². The predicted molar refractivity (Wildman–Crippen MR) is 306 cm³/mol. The van der Waals surface area contributed by atoms with Crippen molar-refractivity contribution >= 4 is 42.2 Å². The van der Waals surface area contributed by atoms with Crippen LogP contribution >= 0.6 is 15.9 Å². The van der Waals surface area contributed by atoms with E-state index in [4.69, 9.17) is 19.6 Å². The number of aromatic carboxylic acids is 2. The Kier molecular flexibility index (Phi) is 66.0. The van der Waals surface area contributed by atoms with E-state index in [1.165, 1.54) is 91.1 Å². The van der Waals surface area contributed by atoms with Gasteiger partial charge in [0, 0.05) is 143 Å². The average molecular weight is 1060 g/mol. The van der Waals surface area contributed by atoms with Gasteiger partial charge in [0.15, 0.2) is 0 Å². The summed E-state index contributed by atoms with van der Waals surface area (Å²) in [7, 11) is 1.50. The molecule has 0 bridgehead atoms. The van der Waals surface area contributed by atoms with Gasteiger partial charge in [-0.05, 0) is 55.0 Å². The number of nitrogens with zero attached hydrogens (tertiary/aromatic N) is 4. The Morgan fingerprint density at radius 1 is 0.457 bits per heavy atom. The average Bonchev–Trinajstić information content (AvgIpc) is 3.37. The van der Waals surface area contributed by atoms with Crippen molar-refractivity contribution in [1.82, 2.24) is 51.5 Å². The first-order chi connectivity index (χ1) is 32.0. The first-order valence-corrected chi connectivity index (χ1v) is 25.3. The van der Waals surface area contributed by atoms with Crippen LogP contribution < -0.4 is 31.9 Å². The quantitative estimate of drug-likeness (QED) is 0.111. The Morgan fingerprint density at radius 3 is 0.900 bits per heavy atom. The van der Waals surface area contributed by atoms with Crippen LogP contribution in [0.15, 0.2) is 48.5 Å². The van der Waals surface area contributed by atoms with Gasteiger partial charge in [-0.1, -0.05) is 111 Å². The van der Waals surface area contributed by atoms with Gasteiger partial charge in [-0.3, -0.25) is 4.90 Å². The van der Waals surface area contributed by atoms with E-state index in [0.717, 1.165) is 117 Å². The van der Waals surface area contributed by atoms with E-state index in [0.29, 0.717) is 11.1 Å². The maximum absolute atomic E-state index is 10.8. The number of likely N-dealkylation sites (N-methyl/N-ethyl adjacent to an activating group) is 3. The number of carbonyl (C=O) groups is 2. The molecule has 0 radical (unpaired) electrons. The second-order valence-corrected chi connectivity index (χ2v) is 16.0. The van der Waals surface area contributed by atoms with Crippen LogP contribution in [0, 0.1) is 0 Å². The van der Waals surface area contributed by atoms with Crippen molar-refractivity contribution < 1.29 is 29.2 Å². The van der Waals surface area contributed by atoms with Crippen LogP contribution in [0.4, 0.5) is 0 Å². The number of halogens is 1. The zero-order valence-electron chi connectivity index (χ0n) is 41.9. The fourth-order valence-corrected chi connectivity index (χ4v) is 6.65. The van der Waals surface area contributed by atoms with Gasteiger partial charge >= 0.3 is 49.3 Å². The molecule has 5 fully saturated rings. The molecule has 0 spiro atoms. The van der Waals surface area contributed by atoms with E-state index in [9.17, 15) is 9.59 Å². The van der Waals surface area contributed by atoms with E-state index in [2.05, 4.69) is 102 Å². The number of hydrogen-bond donors (Lipinski definition) is 8. The molecule has 5 aliphatic rings. The molecule has 70 heavy (non-hydrogen) atoms. The summed E-state index contributed by atoms with van der Waals surface area (Å²) in [6.45, 7) is 41.4. The van der Waals surface area contributed by atoms with E-state index in [1.54, 1.807) is 36.4 Å². The molecule has 408 valence electrons. The third-order valence-electron chi connectivity index (χ3n) is 10.1. The Balaban J connectivity index is -0.000000174.